The molecule has 1 unspecified atom stereocenters. The van der Waals surface area contributed by atoms with Crippen LogP contribution in [0.1, 0.15) is 38.7 Å². The van der Waals surface area contributed by atoms with Crippen LogP contribution in [0.5, 0.6) is 0 Å². The molecule has 0 aromatic heterocycles. The summed E-state index contributed by atoms with van der Waals surface area (Å²) in [6.07, 6.45) is 3.79. The summed E-state index contributed by atoms with van der Waals surface area (Å²) in [6, 6.07) is 7.97. The van der Waals surface area contributed by atoms with Gasteiger partial charge in [-0.3, -0.25) is 0 Å². The second kappa shape index (κ2) is 5.97. The molecule has 1 aromatic rings. The molecule has 1 heterocycles. The molecule has 1 atom stereocenters. The van der Waals surface area contributed by atoms with Crippen LogP contribution in [-0.2, 0) is 0 Å². The monoisotopic (exact) mass is 257 g/mol. The first kappa shape index (κ1) is 13.7. The summed E-state index contributed by atoms with van der Waals surface area (Å²) in [7, 11) is 0. The zero-order chi connectivity index (χ0) is 13.8. The Balaban J connectivity index is 2.12. The summed E-state index contributed by atoms with van der Waals surface area (Å²) in [5.74, 6) is 1.59. The first-order valence-corrected chi connectivity index (χ1v) is 7.16. The number of nitrogen functional groups attached to an aromatic ring is 1. The van der Waals surface area contributed by atoms with E-state index in [-0.39, 0.29) is 0 Å². The molecule has 102 valence electrons. The van der Waals surface area contributed by atoms with E-state index in [2.05, 4.69) is 24.8 Å². The third-order valence-corrected chi connectivity index (χ3v) is 4.24. The molecule has 1 saturated heterocycles. The summed E-state index contributed by atoms with van der Waals surface area (Å²) < 4.78 is 0. The topological polar surface area (TPSA) is 53.0 Å². The number of nitrogens with two attached hydrogens (primary N) is 1. The van der Waals surface area contributed by atoms with E-state index in [0.29, 0.717) is 11.3 Å². The Morgan fingerprint density at radius 3 is 2.79 bits per heavy atom. The van der Waals surface area contributed by atoms with Gasteiger partial charge < -0.3 is 10.6 Å². The maximum absolute atomic E-state index is 9.06. The van der Waals surface area contributed by atoms with E-state index in [0.717, 1.165) is 30.6 Å². The lowest BCUT2D eigenvalue weighted by Gasteiger charge is -2.24. The minimum absolute atomic E-state index is 0.570. The average molecular weight is 257 g/mol. The van der Waals surface area contributed by atoms with Gasteiger partial charge in [0, 0.05) is 24.5 Å². The summed E-state index contributed by atoms with van der Waals surface area (Å²) in [5, 5.41) is 9.06. The van der Waals surface area contributed by atoms with Crippen molar-refractivity contribution >= 4 is 11.4 Å². The molecule has 0 bridgehead atoms. The molecular weight excluding hydrogens is 234 g/mol. The van der Waals surface area contributed by atoms with Crippen molar-refractivity contribution in [2.24, 2.45) is 11.8 Å². The molecule has 1 aliphatic rings. The fourth-order valence-electron chi connectivity index (χ4n) is 2.88. The van der Waals surface area contributed by atoms with Crippen molar-refractivity contribution in [1.29, 1.82) is 5.26 Å². The highest BCUT2D eigenvalue weighted by Crippen LogP contribution is 2.28. The summed E-state index contributed by atoms with van der Waals surface area (Å²) in [6.45, 7) is 6.80. The average Bonchev–Trinajstić information content (AvgIpc) is 2.65. The Hall–Kier alpha value is -1.69. The van der Waals surface area contributed by atoms with Gasteiger partial charge >= 0.3 is 0 Å². The standard InChI is InChI=1S/C16H23N3/c1-12(2)13-4-3-8-19(9-7-13)15-5-6-16(18)14(10-15)11-17/h5-6,10,12-13H,3-4,7-9,18H2,1-2H3. The van der Waals surface area contributed by atoms with Crippen molar-refractivity contribution in [3.05, 3.63) is 23.8 Å². The minimum atomic E-state index is 0.570. The van der Waals surface area contributed by atoms with Gasteiger partial charge in [-0.1, -0.05) is 13.8 Å². The molecule has 0 aliphatic carbocycles. The Bertz CT molecular complexity index is 473. The molecule has 0 radical (unpaired) electrons. The van der Waals surface area contributed by atoms with E-state index in [1.165, 1.54) is 19.3 Å². The van der Waals surface area contributed by atoms with Crippen molar-refractivity contribution in [2.75, 3.05) is 23.7 Å². The zero-order valence-corrected chi connectivity index (χ0v) is 11.9. The molecule has 0 saturated carbocycles. The first-order valence-electron chi connectivity index (χ1n) is 7.16. The molecule has 3 nitrogen and oxygen atoms in total. The molecule has 1 fully saturated rings. The Kier molecular flexibility index (Phi) is 4.31. The molecule has 1 aromatic carbocycles. The van der Waals surface area contributed by atoms with Crippen LogP contribution in [-0.4, -0.2) is 13.1 Å². The van der Waals surface area contributed by atoms with Crippen LogP contribution in [0.3, 0.4) is 0 Å². The highest BCUT2D eigenvalue weighted by molar-refractivity contribution is 5.62. The van der Waals surface area contributed by atoms with Gasteiger partial charge in [-0.15, -0.1) is 0 Å². The SMILES string of the molecule is CC(C)C1CCCN(c2ccc(N)c(C#N)c2)CC1. The number of nitriles is 1. The number of hydrogen-bond donors (Lipinski definition) is 1. The molecule has 3 heteroatoms. The van der Waals surface area contributed by atoms with Gasteiger partial charge in [0.25, 0.3) is 0 Å². The largest absolute Gasteiger partial charge is 0.398 e. The number of hydrogen-bond acceptors (Lipinski definition) is 3. The van der Waals surface area contributed by atoms with E-state index in [9.17, 15) is 0 Å². The van der Waals surface area contributed by atoms with Crippen LogP contribution in [0.2, 0.25) is 0 Å². The molecule has 0 amide bonds. The fraction of sp³-hybridized carbons (Fsp3) is 0.562. The van der Waals surface area contributed by atoms with Crippen molar-refractivity contribution < 1.29 is 0 Å². The molecule has 1 aliphatic heterocycles. The molecule has 2 rings (SSSR count). The van der Waals surface area contributed by atoms with Gasteiger partial charge in [0.1, 0.15) is 6.07 Å². The number of benzene rings is 1. The third kappa shape index (κ3) is 3.20. The van der Waals surface area contributed by atoms with Crippen LogP contribution < -0.4 is 10.6 Å². The van der Waals surface area contributed by atoms with Crippen LogP contribution in [0.25, 0.3) is 0 Å². The van der Waals surface area contributed by atoms with Gasteiger partial charge in [0.2, 0.25) is 0 Å². The van der Waals surface area contributed by atoms with E-state index >= 15 is 0 Å². The number of nitrogens with zero attached hydrogens (tertiary/aromatic N) is 2. The number of anilines is 2. The summed E-state index contributed by atoms with van der Waals surface area (Å²) in [4.78, 5) is 2.39. The van der Waals surface area contributed by atoms with E-state index < -0.39 is 0 Å². The smallest absolute Gasteiger partial charge is 0.101 e. The maximum atomic E-state index is 9.06. The molecule has 2 N–H and O–H groups in total. The highest BCUT2D eigenvalue weighted by Gasteiger charge is 2.19. The lowest BCUT2D eigenvalue weighted by atomic mass is 9.89. The Labute approximate surface area is 116 Å². The van der Waals surface area contributed by atoms with Crippen molar-refractivity contribution in [3.8, 4) is 6.07 Å². The van der Waals surface area contributed by atoms with Gasteiger partial charge in [-0.25, -0.2) is 0 Å². The normalized spacial score (nSPS) is 20.1. The quantitative estimate of drug-likeness (QED) is 0.826. The second-order valence-electron chi connectivity index (χ2n) is 5.81. The zero-order valence-electron chi connectivity index (χ0n) is 11.9. The summed E-state index contributed by atoms with van der Waals surface area (Å²) in [5.41, 5.74) is 8.07. The Morgan fingerprint density at radius 2 is 2.11 bits per heavy atom. The second-order valence-corrected chi connectivity index (χ2v) is 5.81. The first-order chi connectivity index (χ1) is 9.11. The predicted octanol–water partition coefficient (Wildman–Crippen LogP) is 3.40. The van der Waals surface area contributed by atoms with Crippen LogP contribution in [0, 0.1) is 23.2 Å². The van der Waals surface area contributed by atoms with Gasteiger partial charge in [-0.05, 0) is 49.3 Å². The van der Waals surface area contributed by atoms with Gasteiger partial charge in [0.15, 0.2) is 0 Å². The van der Waals surface area contributed by atoms with E-state index in [1.807, 2.05) is 18.2 Å². The van der Waals surface area contributed by atoms with Crippen LogP contribution in [0.4, 0.5) is 11.4 Å². The minimum Gasteiger partial charge on any atom is -0.398 e. The summed E-state index contributed by atoms with van der Waals surface area (Å²) >= 11 is 0. The lowest BCUT2D eigenvalue weighted by molar-refractivity contribution is 0.351. The van der Waals surface area contributed by atoms with Gasteiger partial charge in [-0.2, -0.15) is 5.26 Å². The lowest BCUT2D eigenvalue weighted by Crippen LogP contribution is -2.24. The highest BCUT2D eigenvalue weighted by atomic mass is 15.1. The Morgan fingerprint density at radius 1 is 1.32 bits per heavy atom. The van der Waals surface area contributed by atoms with Gasteiger partial charge in [0.05, 0.1) is 5.56 Å². The predicted molar refractivity (Wildman–Crippen MR) is 80.0 cm³/mol. The molecule has 0 spiro atoms. The van der Waals surface area contributed by atoms with Crippen LogP contribution in [0.15, 0.2) is 18.2 Å². The molecular formula is C16H23N3. The molecule has 19 heavy (non-hydrogen) atoms. The fourth-order valence-corrected chi connectivity index (χ4v) is 2.88. The van der Waals surface area contributed by atoms with E-state index in [1.54, 1.807) is 0 Å². The van der Waals surface area contributed by atoms with Crippen molar-refractivity contribution in [2.45, 2.75) is 33.1 Å². The van der Waals surface area contributed by atoms with Crippen molar-refractivity contribution in [3.63, 3.8) is 0 Å². The maximum Gasteiger partial charge on any atom is 0.101 e. The number of rotatable bonds is 2. The third-order valence-electron chi connectivity index (χ3n) is 4.24. The van der Waals surface area contributed by atoms with Crippen LogP contribution >= 0.6 is 0 Å². The van der Waals surface area contributed by atoms with Crippen molar-refractivity contribution in [1.82, 2.24) is 0 Å². The van der Waals surface area contributed by atoms with E-state index in [4.69, 9.17) is 11.0 Å².